The van der Waals surface area contributed by atoms with Crippen LogP contribution < -0.4 is 5.73 Å². The lowest BCUT2D eigenvalue weighted by Crippen LogP contribution is -2.26. The quantitative estimate of drug-likeness (QED) is 0.715. The van der Waals surface area contributed by atoms with Gasteiger partial charge in [-0.05, 0) is 25.7 Å². The second-order valence-corrected chi connectivity index (χ2v) is 4.50. The molecule has 0 radical (unpaired) electrons. The van der Waals surface area contributed by atoms with Crippen molar-refractivity contribution in [1.82, 2.24) is 4.98 Å². The Bertz CT molecular complexity index is 280. The lowest BCUT2D eigenvalue weighted by molar-refractivity contribution is 0.575. The van der Waals surface area contributed by atoms with Gasteiger partial charge in [0.15, 0.2) is 0 Å². The van der Waals surface area contributed by atoms with Crippen LogP contribution in [-0.4, -0.2) is 11.0 Å². The van der Waals surface area contributed by atoms with Gasteiger partial charge in [0.1, 0.15) is 0 Å². The molecule has 0 aliphatic heterocycles. The topological polar surface area (TPSA) is 38.9 Å². The van der Waals surface area contributed by atoms with E-state index in [2.05, 4.69) is 11.9 Å². The Kier molecular flexibility index (Phi) is 2.15. The van der Waals surface area contributed by atoms with Crippen molar-refractivity contribution in [3.63, 3.8) is 0 Å². The monoisotopic (exact) mass is 182 g/mol. The van der Waals surface area contributed by atoms with E-state index < -0.39 is 0 Å². The predicted octanol–water partition coefficient (Wildman–Crippen LogP) is 1.52. The van der Waals surface area contributed by atoms with Crippen LogP contribution in [0.25, 0.3) is 0 Å². The molecule has 0 saturated carbocycles. The van der Waals surface area contributed by atoms with Gasteiger partial charge in [-0.1, -0.05) is 6.92 Å². The first kappa shape index (κ1) is 8.20. The van der Waals surface area contributed by atoms with Crippen molar-refractivity contribution in [3.05, 3.63) is 15.6 Å². The minimum atomic E-state index is 0.377. The Morgan fingerprint density at radius 2 is 2.50 bits per heavy atom. The summed E-state index contributed by atoms with van der Waals surface area (Å²) in [6.07, 6.45) is 4.31. The van der Waals surface area contributed by atoms with E-state index in [9.17, 15) is 0 Å². The summed E-state index contributed by atoms with van der Waals surface area (Å²) in [4.78, 5) is 6.00. The van der Waals surface area contributed by atoms with Crippen LogP contribution in [0.3, 0.4) is 0 Å². The third-order valence-electron chi connectivity index (χ3n) is 2.32. The first-order valence-electron chi connectivity index (χ1n) is 4.52. The van der Waals surface area contributed by atoms with Gasteiger partial charge < -0.3 is 5.73 Å². The van der Waals surface area contributed by atoms with Crippen LogP contribution in [0.2, 0.25) is 0 Å². The fourth-order valence-corrected chi connectivity index (χ4v) is 2.75. The van der Waals surface area contributed by atoms with Crippen LogP contribution in [-0.2, 0) is 19.3 Å². The number of rotatable bonds is 1. The van der Waals surface area contributed by atoms with Crippen molar-refractivity contribution in [1.29, 1.82) is 0 Å². The predicted molar refractivity (Wildman–Crippen MR) is 51.5 cm³/mol. The van der Waals surface area contributed by atoms with Gasteiger partial charge in [-0.2, -0.15) is 0 Å². The second-order valence-electron chi connectivity index (χ2n) is 3.33. The number of hydrogen-bond donors (Lipinski definition) is 1. The Morgan fingerprint density at radius 3 is 3.25 bits per heavy atom. The van der Waals surface area contributed by atoms with Crippen LogP contribution in [0.15, 0.2) is 0 Å². The summed E-state index contributed by atoms with van der Waals surface area (Å²) in [7, 11) is 0. The normalized spacial score (nSPS) is 22.3. The minimum absolute atomic E-state index is 0.377. The third-order valence-corrected chi connectivity index (χ3v) is 3.59. The van der Waals surface area contributed by atoms with Crippen molar-refractivity contribution < 1.29 is 0 Å². The molecule has 1 aliphatic rings. The molecule has 1 heterocycles. The van der Waals surface area contributed by atoms with Crippen molar-refractivity contribution >= 4 is 11.3 Å². The lowest BCUT2D eigenvalue weighted by Gasteiger charge is -2.15. The molecule has 1 aromatic heterocycles. The van der Waals surface area contributed by atoms with E-state index in [1.54, 1.807) is 0 Å². The number of nitrogens with two attached hydrogens (primary N) is 1. The maximum absolute atomic E-state index is 5.88. The summed E-state index contributed by atoms with van der Waals surface area (Å²) in [6, 6.07) is 0.377. The summed E-state index contributed by atoms with van der Waals surface area (Å²) in [5, 5.41) is 1.27. The molecule has 12 heavy (non-hydrogen) atoms. The van der Waals surface area contributed by atoms with Gasteiger partial charge in [-0.25, -0.2) is 4.98 Å². The van der Waals surface area contributed by atoms with E-state index in [0.717, 1.165) is 25.7 Å². The summed E-state index contributed by atoms with van der Waals surface area (Å²) in [5.41, 5.74) is 7.20. The molecule has 1 unspecified atom stereocenters. The zero-order valence-electron chi connectivity index (χ0n) is 7.34. The van der Waals surface area contributed by atoms with E-state index in [4.69, 9.17) is 5.73 Å². The standard InChI is InChI=1S/C9H14N2S/c1-2-9-11-7-4-3-6(10)5-8(7)12-9/h6H,2-5,10H2,1H3. The number of fused-ring (bicyclic) bond motifs is 1. The first-order chi connectivity index (χ1) is 5.79. The summed E-state index contributed by atoms with van der Waals surface area (Å²) < 4.78 is 0. The SMILES string of the molecule is CCc1nc2c(s1)CC(N)CC2. The average molecular weight is 182 g/mol. The first-order valence-corrected chi connectivity index (χ1v) is 5.34. The van der Waals surface area contributed by atoms with E-state index in [1.165, 1.54) is 15.6 Å². The van der Waals surface area contributed by atoms with Gasteiger partial charge in [0.25, 0.3) is 0 Å². The van der Waals surface area contributed by atoms with Crippen LogP contribution in [0.5, 0.6) is 0 Å². The van der Waals surface area contributed by atoms with Gasteiger partial charge in [-0.3, -0.25) is 0 Å². The molecule has 0 saturated heterocycles. The Labute approximate surface area is 76.8 Å². The molecular formula is C9H14N2S. The fraction of sp³-hybridized carbons (Fsp3) is 0.667. The lowest BCUT2D eigenvalue weighted by atomic mass is 9.99. The van der Waals surface area contributed by atoms with Gasteiger partial charge in [-0.15, -0.1) is 11.3 Å². The molecule has 0 amide bonds. The van der Waals surface area contributed by atoms with Crippen molar-refractivity contribution in [2.45, 2.75) is 38.6 Å². The van der Waals surface area contributed by atoms with Gasteiger partial charge >= 0.3 is 0 Å². The molecule has 0 bridgehead atoms. The zero-order valence-corrected chi connectivity index (χ0v) is 8.16. The molecule has 2 N–H and O–H groups in total. The van der Waals surface area contributed by atoms with E-state index in [0.29, 0.717) is 6.04 Å². The van der Waals surface area contributed by atoms with Crippen molar-refractivity contribution in [2.24, 2.45) is 5.73 Å². The van der Waals surface area contributed by atoms with E-state index in [-0.39, 0.29) is 0 Å². The number of hydrogen-bond acceptors (Lipinski definition) is 3. The number of aromatic nitrogens is 1. The smallest absolute Gasteiger partial charge is 0.0928 e. The minimum Gasteiger partial charge on any atom is -0.327 e. The van der Waals surface area contributed by atoms with Crippen LogP contribution in [0.1, 0.15) is 28.9 Å². The van der Waals surface area contributed by atoms with Gasteiger partial charge in [0.2, 0.25) is 0 Å². The number of aryl methyl sites for hydroxylation is 2. The van der Waals surface area contributed by atoms with Crippen LogP contribution >= 0.6 is 11.3 Å². The summed E-state index contributed by atoms with van der Waals surface area (Å²) in [6.45, 7) is 2.16. The van der Waals surface area contributed by atoms with E-state index >= 15 is 0 Å². The molecule has 2 nitrogen and oxygen atoms in total. The number of nitrogens with zero attached hydrogens (tertiary/aromatic N) is 1. The second kappa shape index (κ2) is 3.15. The van der Waals surface area contributed by atoms with Gasteiger partial charge in [0.05, 0.1) is 10.7 Å². The molecule has 1 atom stereocenters. The summed E-state index contributed by atoms with van der Waals surface area (Å²) in [5.74, 6) is 0. The molecule has 2 rings (SSSR count). The molecule has 0 spiro atoms. The maximum Gasteiger partial charge on any atom is 0.0928 e. The Balaban J connectivity index is 2.28. The third kappa shape index (κ3) is 1.39. The molecular weight excluding hydrogens is 168 g/mol. The zero-order chi connectivity index (χ0) is 8.55. The van der Waals surface area contributed by atoms with E-state index in [1.807, 2.05) is 11.3 Å². The van der Waals surface area contributed by atoms with Crippen molar-refractivity contribution in [2.75, 3.05) is 0 Å². The Hall–Kier alpha value is -0.410. The largest absolute Gasteiger partial charge is 0.327 e. The summed E-state index contributed by atoms with van der Waals surface area (Å²) >= 11 is 1.85. The Morgan fingerprint density at radius 1 is 1.67 bits per heavy atom. The maximum atomic E-state index is 5.88. The molecule has 0 fully saturated rings. The van der Waals surface area contributed by atoms with Crippen LogP contribution in [0.4, 0.5) is 0 Å². The molecule has 0 aromatic carbocycles. The highest BCUT2D eigenvalue weighted by atomic mass is 32.1. The number of thiazole rings is 1. The molecule has 3 heteroatoms. The molecule has 1 aliphatic carbocycles. The fourth-order valence-electron chi connectivity index (χ4n) is 1.61. The highest BCUT2D eigenvalue weighted by Crippen LogP contribution is 2.26. The van der Waals surface area contributed by atoms with Crippen molar-refractivity contribution in [3.8, 4) is 0 Å². The molecule has 66 valence electrons. The highest BCUT2D eigenvalue weighted by molar-refractivity contribution is 7.11. The molecule has 1 aromatic rings. The van der Waals surface area contributed by atoms with Gasteiger partial charge in [0, 0.05) is 10.9 Å². The van der Waals surface area contributed by atoms with Crippen LogP contribution in [0, 0.1) is 0 Å². The average Bonchev–Trinajstić information content (AvgIpc) is 2.46. The highest BCUT2D eigenvalue weighted by Gasteiger charge is 2.19.